The van der Waals surface area contributed by atoms with Gasteiger partial charge < -0.3 is 9.67 Å². The van der Waals surface area contributed by atoms with Crippen molar-refractivity contribution in [2.24, 2.45) is 0 Å². The number of hydrogen-bond acceptors (Lipinski definition) is 6. The number of hydrogen-bond donors (Lipinski definition) is 2. The van der Waals surface area contributed by atoms with Crippen LogP contribution in [0.3, 0.4) is 0 Å². The summed E-state index contributed by atoms with van der Waals surface area (Å²) in [5.41, 5.74) is 1.66. The molecular weight excluding hydrogens is 308 g/mol. The van der Waals surface area contributed by atoms with Crippen LogP contribution in [0.2, 0.25) is 0 Å². The molecule has 2 aromatic heterocycles. The van der Waals surface area contributed by atoms with E-state index in [4.69, 9.17) is 4.18 Å². The van der Waals surface area contributed by atoms with Crippen molar-refractivity contribution in [1.29, 1.82) is 0 Å². The average Bonchev–Trinajstić information content (AvgIpc) is 3.04. The van der Waals surface area contributed by atoms with Crippen LogP contribution in [0.4, 0.5) is 0 Å². The predicted octanol–water partition coefficient (Wildman–Crippen LogP) is 0.285. The van der Waals surface area contributed by atoms with Crippen molar-refractivity contribution in [2.75, 3.05) is 7.05 Å². The van der Waals surface area contributed by atoms with Gasteiger partial charge in [0.15, 0.2) is 0 Å². The average molecular weight is 326 g/mol. The van der Waals surface area contributed by atoms with E-state index in [1.165, 1.54) is 13.4 Å². The van der Waals surface area contributed by atoms with Gasteiger partial charge in [-0.1, -0.05) is 0 Å². The highest BCUT2D eigenvalue weighted by molar-refractivity contribution is 7.84. The molecule has 0 aromatic carbocycles. The second kappa shape index (κ2) is 5.58. The summed E-state index contributed by atoms with van der Waals surface area (Å²) in [6.07, 6.45) is 2.60. The monoisotopic (exact) mass is 326 g/mol. The summed E-state index contributed by atoms with van der Waals surface area (Å²) in [6.45, 7) is 1.91. The summed E-state index contributed by atoms with van der Waals surface area (Å²) in [5, 5.41) is 11.0. The molecule has 0 saturated heterocycles. The van der Waals surface area contributed by atoms with E-state index in [-0.39, 0.29) is 6.04 Å². The first-order valence-electron chi connectivity index (χ1n) is 6.99. The molecule has 9 heteroatoms. The Hall–Kier alpha value is -1.55. The molecule has 2 heterocycles. The Morgan fingerprint density at radius 2 is 2.18 bits per heavy atom. The van der Waals surface area contributed by atoms with Gasteiger partial charge in [-0.15, -0.1) is 0 Å². The Morgan fingerprint density at radius 1 is 1.41 bits per heavy atom. The lowest BCUT2D eigenvalue weighted by Crippen LogP contribution is -2.31. The zero-order valence-corrected chi connectivity index (χ0v) is 13.1. The third-order valence-electron chi connectivity index (χ3n) is 4.05. The van der Waals surface area contributed by atoms with Crippen LogP contribution in [0.5, 0.6) is 0 Å². The van der Waals surface area contributed by atoms with Crippen molar-refractivity contribution in [3.8, 4) is 0 Å². The quantitative estimate of drug-likeness (QED) is 0.836. The highest BCUT2D eigenvalue weighted by Gasteiger charge is 2.38. The molecule has 1 saturated carbocycles. The molecule has 0 aliphatic heterocycles. The number of aliphatic hydroxyl groups excluding tert-OH is 1. The zero-order valence-electron chi connectivity index (χ0n) is 12.3. The Bertz CT molecular complexity index is 788. The van der Waals surface area contributed by atoms with E-state index < -0.39 is 22.5 Å². The number of aliphatic hydroxyl groups is 1. The van der Waals surface area contributed by atoms with Crippen molar-refractivity contribution >= 4 is 21.3 Å². The van der Waals surface area contributed by atoms with Gasteiger partial charge in [0.2, 0.25) is 0 Å². The summed E-state index contributed by atoms with van der Waals surface area (Å²) in [5.74, 6) is 0. The molecule has 8 nitrogen and oxygen atoms in total. The van der Waals surface area contributed by atoms with Gasteiger partial charge in [0.1, 0.15) is 18.1 Å². The normalized spacial score (nSPS) is 25.9. The van der Waals surface area contributed by atoms with Crippen LogP contribution in [0.25, 0.3) is 11.0 Å². The molecule has 2 aromatic rings. The first kappa shape index (κ1) is 15.3. The maximum atomic E-state index is 11.5. The van der Waals surface area contributed by atoms with E-state index in [1.807, 2.05) is 23.8 Å². The van der Waals surface area contributed by atoms with Crippen molar-refractivity contribution in [1.82, 2.24) is 19.3 Å². The molecule has 1 aliphatic rings. The number of nitrogens with zero attached hydrogens (tertiary/aromatic N) is 3. The molecule has 22 heavy (non-hydrogen) atoms. The van der Waals surface area contributed by atoms with Gasteiger partial charge in [-0.05, 0) is 25.8 Å². The van der Waals surface area contributed by atoms with Gasteiger partial charge >= 0.3 is 10.3 Å². The van der Waals surface area contributed by atoms with Gasteiger partial charge in [-0.3, -0.25) is 4.18 Å². The number of fused-ring (bicyclic) bond motifs is 1. The van der Waals surface area contributed by atoms with Gasteiger partial charge in [0.25, 0.3) is 0 Å². The number of nitrogens with one attached hydrogen (secondary N) is 1. The fraction of sp³-hybridized carbons (Fsp3) is 0.538. The number of aryl methyl sites for hydroxylation is 1. The highest BCUT2D eigenvalue weighted by atomic mass is 32.2. The summed E-state index contributed by atoms with van der Waals surface area (Å²) in [4.78, 5) is 8.44. The first-order chi connectivity index (χ1) is 10.4. The molecular formula is C13H18N4O4S. The Morgan fingerprint density at radius 3 is 2.91 bits per heavy atom. The SMILES string of the molecule is CNS(=O)(=O)O[C@H]1C[C@H](n2ccc3c(C)ncnc32)C[C@@H]1O. The Labute approximate surface area is 128 Å². The lowest BCUT2D eigenvalue weighted by Gasteiger charge is -2.14. The lowest BCUT2D eigenvalue weighted by molar-refractivity contribution is 0.0635. The van der Waals surface area contributed by atoms with E-state index >= 15 is 0 Å². The zero-order chi connectivity index (χ0) is 15.9. The molecule has 1 aliphatic carbocycles. The molecule has 3 rings (SSSR count). The molecule has 0 spiro atoms. The van der Waals surface area contributed by atoms with Gasteiger partial charge in [-0.2, -0.15) is 13.1 Å². The van der Waals surface area contributed by atoms with Gasteiger partial charge in [-0.25, -0.2) is 9.97 Å². The standard InChI is InChI=1S/C13H18N4O4S/c1-8-10-3-4-17(13(10)16-7-15-8)9-5-11(18)12(6-9)21-22(19,20)14-2/h3-4,7,9,11-12,14,18H,5-6H2,1-2H3/t9-,11+,12+/m1/s1. The largest absolute Gasteiger partial charge is 0.390 e. The minimum Gasteiger partial charge on any atom is -0.390 e. The Kier molecular flexibility index (Phi) is 3.89. The molecule has 0 unspecified atom stereocenters. The second-order valence-corrected chi connectivity index (χ2v) is 6.91. The fourth-order valence-corrected chi connectivity index (χ4v) is 3.51. The van der Waals surface area contributed by atoms with Crippen LogP contribution in [0.1, 0.15) is 24.6 Å². The van der Waals surface area contributed by atoms with E-state index in [2.05, 4.69) is 14.7 Å². The predicted molar refractivity (Wildman–Crippen MR) is 79.4 cm³/mol. The van der Waals surface area contributed by atoms with Crippen LogP contribution in [0.15, 0.2) is 18.6 Å². The van der Waals surface area contributed by atoms with Crippen molar-refractivity contribution in [2.45, 2.75) is 38.0 Å². The van der Waals surface area contributed by atoms with E-state index in [9.17, 15) is 13.5 Å². The van der Waals surface area contributed by atoms with Crippen LogP contribution in [-0.2, 0) is 14.5 Å². The van der Waals surface area contributed by atoms with Crippen molar-refractivity contribution < 1.29 is 17.7 Å². The second-order valence-electron chi connectivity index (χ2n) is 5.40. The molecule has 0 amide bonds. The molecule has 0 bridgehead atoms. The maximum Gasteiger partial charge on any atom is 0.335 e. The van der Waals surface area contributed by atoms with Crippen molar-refractivity contribution in [3.63, 3.8) is 0 Å². The smallest absolute Gasteiger partial charge is 0.335 e. The van der Waals surface area contributed by atoms with Crippen LogP contribution in [0, 0.1) is 6.92 Å². The molecule has 120 valence electrons. The van der Waals surface area contributed by atoms with Gasteiger partial charge in [0, 0.05) is 24.7 Å². The van der Waals surface area contributed by atoms with E-state index in [0.29, 0.717) is 12.8 Å². The molecule has 1 fully saturated rings. The summed E-state index contributed by atoms with van der Waals surface area (Å²) < 4.78 is 32.0. The fourth-order valence-electron chi connectivity index (χ4n) is 2.89. The Balaban J connectivity index is 1.86. The van der Waals surface area contributed by atoms with E-state index in [0.717, 1.165) is 16.7 Å². The third-order valence-corrected chi connectivity index (χ3v) is 5.05. The molecule has 0 radical (unpaired) electrons. The number of rotatable bonds is 4. The first-order valence-corrected chi connectivity index (χ1v) is 8.40. The van der Waals surface area contributed by atoms with Gasteiger partial charge in [0.05, 0.1) is 11.8 Å². The summed E-state index contributed by atoms with van der Waals surface area (Å²) in [7, 11) is -2.55. The molecule has 3 atom stereocenters. The molecule has 2 N–H and O–H groups in total. The van der Waals surface area contributed by atoms with Crippen LogP contribution in [-0.4, -0.2) is 47.3 Å². The minimum absolute atomic E-state index is 0.0705. The van der Waals surface area contributed by atoms with Crippen LogP contribution >= 0.6 is 0 Å². The van der Waals surface area contributed by atoms with E-state index in [1.54, 1.807) is 0 Å². The minimum atomic E-state index is -3.82. The van der Waals surface area contributed by atoms with Crippen molar-refractivity contribution in [3.05, 3.63) is 24.3 Å². The maximum absolute atomic E-state index is 11.5. The summed E-state index contributed by atoms with van der Waals surface area (Å²) in [6, 6.07) is 1.86. The van der Waals surface area contributed by atoms with Crippen LogP contribution < -0.4 is 4.72 Å². The highest BCUT2D eigenvalue weighted by Crippen LogP contribution is 2.35. The topological polar surface area (TPSA) is 106 Å². The lowest BCUT2D eigenvalue weighted by atomic mass is 10.2. The third kappa shape index (κ3) is 2.72. The number of aromatic nitrogens is 3. The summed E-state index contributed by atoms with van der Waals surface area (Å²) >= 11 is 0.